The number of thioether (sulfide) groups is 1. The first-order valence-corrected chi connectivity index (χ1v) is 6.90. The van der Waals surface area contributed by atoms with E-state index in [1.165, 1.54) is 6.26 Å². The molecule has 1 amide bonds. The van der Waals surface area contributed by atoms with Gasteiger partial charge in [0.2, 0.25) is 5.89 Å². The molecule has 0 saturated carbocycles. The molecule has 1 aromatic carbocycles. The number of aromatic nitrogens is 1. The molecular formula is C13H15N3O2S. The van der Waals surface area contributed by atoms with Crippen LogP contribution in [0.15, 0.2) is 39.8 Å². The van der Waals surface area contributed by atoms with E-state index >= 15 is 0 Å². The van der Waals surface area contributed by atoms with Gasteiger partial charge >= 0.3 is 0 Å². The fourth-order valence-corrected chi connectivity index (χ4v) is 2.31. The van der Waals surface area contributed by atoms with Crippen LogP contribution >= 0.6 is 11.8 Å². The van der Waals surface area contributed by atoms with Gasteiger partial charge in [0.1, 0.15) is 6.26 Å². The van der Waals surface area contributed by atoms with Crippen LogP contribution in [-0.4, -0.2) is 16.6 Å². The average molecular weight is 277 g/mol. The van der Waals surface area contributed by atoms with Gasteiger partial charge in [-0.05, 0) is 17.9 Å². The van der Waals surface area contributed by atoms with Crippen molar-refractivity contribution >= 4 is 23.4 Å². The standard InChI is InChI=1S/C13H15N3O2S/c1-2-19-11-6-4-3-5-9(11)16-13(17)10-8-18-12(7-14)15-10/h3-6,8H,2,7,14H2,1H3,(H,16,17). The van der Waals surface area contributed by atoms with E-state index < -0.39 is 0 Å². The average Bonchev–Trinajstić information content (AvgIpc) is 2.90. The molecule has 1 heterocycles. The van der Waals surface area contributed by atoms with Crippen LogP contribution in [0.25, 0.3) is 0 Å². The quantitative estimate of drug-likeness (QED) is 0.821. The van der Waals surface area contributed by atoms with Crippen molar-refractivity contribution in [2.45, 2.75) is 18.4 Å². The van der Waals surface area contributed by atoms with Crippen molar-refractivity contribution in [2.75, 3.05) is 11.1 Å². The summed E-state index contributed by atoms with van der Waals surface area (Å²) in [5.74, 6) is 0.989. The summed E-state index contributed by atoms with van der Waals surface area (Å²) in [5, 5.41) is 2.83. The number of carbonyl (C=O) groups excluding carboxylic acids is 1. The first-order chi connectivity index (χ1) is 9.24. The summed E-state index contributed by atoms with van der Waals surface area (Å²) in [4.78, 5) is 17.0. The smallest absolute Gasteiger partial charge is 0.277 e. The fraction of sp³-hybridized carbons (Fsp3) is 0.231. The zero-order valence-corrected chi connectivity index (χ0v) is 11.4. The molecule has 19 heavy (non-hydrogen) atoms. The number of para-hydroxylation sites is 1. The van der Waals surface area contributed by atoms with E-state index in [0.29, 0.717) is 5.89 Å². The van der Waals surface area contributed by atoms with Crippen molar-refractivity contribution in [1.82, 2.24) is 4.98 Å². The van der Waals surface area contributed by atoms with E-state index in [1.54, 1.807) is 11.8 Å². The first kappa shape index (κ1) is 13.6. The molecule has 3 N–H and O–H groups in total. The van der Waals surface area contributed by atoms with Crippen LogP contribution in [-0.2, 0) is 6.54 Å². The van der Waals surface area contributed by atoms with Crippen molar-refractivity contribution in [3.8, 4) is 0 Å². The summed E-state index contributed by atoms with van der Waals surface area (Å²) in [6.45, 7) is 2.24. The van der Waals surface area contributed by atoms with E-state index in [-0.39, 0.29) is 18.1 Å². The number of hydrogen-bond donors (Lipinski definition) is 2. The fourth-order valence-electron chi connectivity index (χ4n) is 1.55. The van der Waals surface area contributed by atoms with Gasteiger partial charge in [0, 0.05) is 4.90 Å². The maximum Gasteiger partial charge on any atom is 0.277 e. The Hall–Kier alpha value is -1.79. The van der Waals surface area contributed by atoms with Gasteiger partial charge in [0.25, 0.3) is 5.91 Å². The Kier molecular flexibility index (Phi) is 4.59. The Morgan fingerprint density at radius 1 is 1.47 bits per heavy atom. The number of benzene rings is 1. The molecule has 6 heteroatoms. The maximum atomic E-state index is 12.0. The SMILES string of the molecule is CCSc1ccccc1NC(=O)c1coc(CN)n1. The molecule has 0 aliphatic heterocycles. The van der Waals surface area contributed by atoms with Crippen molar-refractivity contribution in [3.05, 3.63) is 42.1 Å². The lowest BCUT2D eigenvalue weighted by Gasteiger charge is -2.08. The van der Waals surface area contributed by atoms with Crippen molar-refractivity contribution < 1.29 is 9.21 Å². The summed E-state index contributed by atoms with van der Waals surface area (Å²) in [6, 6.07) is 7.65. The number of nitrogens with one attached hydrogen (secondary N) is 1. The number of amides is 1. The van der Waals surface area contributed by atoms with Crippen molar-refractivity contribution in [3.63, 3.8) is 0 Å². The van der Waals surface area contributed by atoms with Crippen LogP contribution in [0.5, 0.6) is 0 Å². The van der Waals surface area contributed by atoms with E-state index in [4.69, 9.17) is 10.2 Å². The molecule has 0 bridgehead atoms. The number of nitrogens with two attached hydrogens (primary N) is 1. The van der Waals surface area contributed by atoms with E-state index in [1.807, 2.05) is 24.3 Å². The molecule has 5 nitrogen and oxygen atoms in total. The van der Waals surface area contributed by atoms with Gasteiger partial charge in [-0.1, -0.05) is 19.1 Å². The highest BCUT2D eigenvalue weighted by atomic mass is 32.2. The maximum absolute atomic E-state index is 12.0. The van der Waals surface area contributed by atoms with Gasteiger partial charge in [-0.25, -0.2) is 4.98 Å². The van der Waals surface area contributed by atoms with Gasteiger partial charge in [0.15, 0.2) is 5.69 Å². The second kappa shape index (κ2) is 6.40. The van der Waals surface area contributed by atoms with Gasteiger partial charge in [-0.3, -0.25) is 4.79 Å². The van der Waals surface area contributed by atoms with E-state index in [0.717, 1.165) is 16.3 Å². The summed E-state index contributed by atoms with van der Waals surface area (Å²) < 4.78 is 5.05. The molecule has 100 valence electrons. The molecule has 0 fully saturated rings. The number of oxazole rings is 1. The Labute approximate surface area is 115 Å². The third-order valence-corrected chi connectivity index (χ3v) is 3.35. The van der Waals surface area contributed by atoms with Crippen LogP contribution in [0, 0.1) is 0 Å². The molecule has 0 aliphatic carbocycles. The van der Waals surface area contributed by atoms with E-state index in [9.17, 15) is 4.79 Å². The number of rotatable bonds is 5. The minimum Gasteiger partial charge on any atom is -0.447 e. The molecular weight excluding hydrogens is 262 g/mol. The lowest BCUT2D eigenvalue weighted by atomic mass is 10.3. The zero-order chi connectivity index (χ0) is 13.7. The van der Waals surface area contributed by atoms with E-state index in [2.05, 4.69) is 17.2 Å². The normalized spacial score (nSPS) is 10.4. The lowest BCUT2D eigenvalue weighted by Crippen LogP contribution is -2.13. The highest BCUT2D eigenvalue weighted by Crippen LogP contribution is 2.26. The highest BCUT2D eigenvalue weighted by molar-refractivity contribution is 7.99. The molecule has 2 rings (SSSR count). The zero-order valence-electron chi connectivity index (χ0n) is 10.6. The minimum absolute atomic E-state index is 0.176. The third-order valence-electron chi connectivity index (χ3n) is 2.39. The molecule has 0 aliphatic rings. The monoisotopic (exact) mass is 277 g/mol. The third kappa shape index (κ3) is 3.36. The summed E-state index contributed by atoms with van der Waals surface area (Å²) in [6.07, 6.45) is 1.31. The Bertz CT molecular complexity index is 569. The van der Waals surface area contributed by atoms with Crippen LogP contribution in [0.4, 0.5) is 5.69 Å². The summed E-state index contributed by atoms with van der Waals surface area (Å²) in [7, 11) is 0. The van der Waals surface area contributed by atoms with Gasteiger partial charge in [-0.15, -0.1) is 11.8 Å². The topological polar surface area (TPSA) is 81.2 Å². The van der Waals surface area contributed by atoms with Crippen LogP contribution in [0.1, 0.15) is 23.3 Å². The van der Waals surface area contributed by atoms with Gasteiger partial charge in [0.05, 0.1) is 12.2 Å². The van der Waals surface area contributed by atoms with Crippen LogP contribution < -0.4 is 11.1 Å². The predicted molar refractivity (Wildman–Crippen MR) is 75.2 cm³/mol. The lowest BCUT2D eigenvalue weighted by molar-refractivity contribution is 0.102. The second-order valence-electron chi connectivity index (χ2n) is 3.71. The Morgan fingerprint density at radius 2 is 2.26 bits per heavy atom. The molecule has 0 atom stereocenters. The van der Waals surface area contributed by atoms with Crippen molar-refractivity contribution in [2.24, 2.45) is 5.73 Å². The largest absolute Gasteiger partial charge is 0.447 e. The van der Waals surface area contributed by atoms with Crippen molar-refractivity contribution in [1.29, 1.82) is 0 Å². The first-order valence-electron chi connectivity index (χ1n) is 5.92. The molecule has 2 aromatic rings. The predicted octanol–water partition coefficient (Wildman–Crippen LogP) is 2.50. The molecule has 1 aromatic heterocycles. The molecule has 0 unspecified atom stereocenters. The Balaban J connectivity index is 2.14. The van der Waals surface area contributed by atoms with Gasteiger partial charge < -0.3 is 15.5 Å². The number of carbonyl (C=O) groups is 1. The second-order valence-corrected chi connectivity index (χ2v) is 5.02. The molecule has 0 saturated heterocycles. The van der Waals surface area contributed by atoms with Gasteiger partial charge in [-0.2, -0.15) is 0 Å². The highest BCUT2D eigenvalue weighted by Gasteiger charge is 2.13. The number of hydrogen-bond acceptors (Lipinski definition) is 5. The summed E-state index contributed by atoms with van der Waals surface area (Å²) >= 11 is 1.67. The van der Waals surface area contributed by atoms with Crippen LogP contribution in [0.2, 0.25) is 0 Å². The minimum atomic E-state index is -0.299. The Morgan fingerprint density at radius 3 is 2.95 bits per heavy atom. The number of anilines is 1. The molecule has 0 radical (unpaired) electrons. The molecule has 0 spiro atoms. The summed E-state index contributed by atoms with van der Waals surface area (Å²) in [5.41, 5.74) is 6.40. The van der Waals surface area contributed by atoms with Crippen LogP contribution in [0.3, 0.4) is 0 Å². The number of nitrogens with zero attached hydrogens (tertiary/aromatic N) is 1.